The van der Waals surface area contributed by atoms with Crippen molar-refractivity contribution in [2.75, 3.05) is 17.1 Å². The number of methoxy groups -OCH3 is 1. The van der Waals surface area contributed by atoms with Crippen molar-refractivity contribution >= 4 is 33.0 Å². The summed E-state index contributed by atoms with van der Waals surface area (Å²) in [5.74, 6) is -1.54. The number of pyridine rings is 1. The molecule has 1 aromatic heterocycles. The molecule has 0 aliphatic heterocycles. The van der Waals surface area contributed by atoms with E-state index >= 15 is 0 Å². The first kappa shape index (κ1) is 21.6. The van der Waals surface area contributed by atoms with E-state index in [4.69, 9.17) is 4.74 Å². The quantitative estimate of drug-likeness (QED) is 0.419. The lowest BCUT2D eigenvalue weighted by molar-refractivity contribution is -0.386. The van der Waals surface area contributed by atoms with Crippen LogP contribution in [-0.2, 0) is 10.0 Å². The van der Waals surface area contributed by atoms with Gasteiger partial charge in [0.2, 0.25) is 0 Å². The minimum absolute atomic E-state index is 0.0383. The second-order valence-corrected chi connectivity index (χ2v) is 7.74. The molecule has 160 valence electrons. The number of nitrogens with zero attached hydrogens (tertiary/aromatic N) is 2. The molecule has 0 bridgehead atoms. The Hall–Kier alpha value is -4.06. The molecule has 0 radical (unpaired) electrons. The highest BCUT2D eigenvalue weighted by Gasteiger charge is 2.23. The third-order valence-electron chi connectivity index (χ3n) is 4.03. The number of amides is 1. The summed E-state index contributed by atoms with van der Waals surface area (Å²) in [6.07, 6.45) is 1.40. The monoisotopic (exact) mass is 446 g/mol. The number of rotatable bonds is 7. The Morgan fingerprint density at radius 3 is 2.55 bits per heavy atom. The maximum absolute atomic E-state index is 13.8. The fourth-order valence-electron chi connectivity index (χ4n) is 2.58. The van der Waals surface area contributed by atoms with Crippen LogP contribution in [0.25, 0.3) is 0 Å². The van der Waals surface area contributed by atoms with Gasteiger partial charge < -0.3 is 10.1 Å². The zero-order chi connectivity index (χ0) is 22.6. The zero-order valence-electron chi connectivity index (χ0n) is 15.9. The number of sulfonamides is 1. The Morgan fingerprint density at radius 2 is 1.90 bits per heavy atom. The third-order valence-corrected chi connectivity index (χ3v) is 5.39. The summed E-state index contributed by atoms with van der Waals surface area (Å²) >= 11 is 0. The first-order valence-electron chi connectivity index (χ1n) is 8.58. The lowest BCUT2D eigenvalue weighted by atomic mass is 10.2. The number of nitrogens with one attached hydrogen (secondary N) is 2. The third kappa shape index (κ3) is 4.93. The van der Waals surface area contributed by atoms with Crippen molar-refractivity contribution in [3.05, 3.63) is 82.4 Å². The van der Waals surface area contributed by atoms with Crippen molar-refractivity contribution in [2.24, 2.45) is 0 Å². The molecule has 0 spiro atoms. The van der Waals surface area contributed by atoms with Crippen LogP contribution in [0.5, 0.6) is 5.75 Å². The number of anilines is 2. The fourth-order valence-corrected chi connectivity index (χ4v) is 3.67. The van der Waals surface area contributed by atoms with Crippen molar-refractivity contribution in [1.29, 1.82) is 0 Å². The first-order chi connectivity index (χ1) is 14.7. The van der Waals surface area contributed by atoms with Crippen LogP contribution in [0, 0.1) is 15.9 Å². The second kappa shape index (κ2) is 8.75. The molecule has 0 aliphatic rings. The van der Waals surface area contributed by atoms with Crippen molar-refractivity contribution in [1.82, 2.24) is 4.98 Å². The average Bonchev–Trinajstić information content (AvgIpc) is 2.75. The van der Waals surface area contributed by atoms with Gasteiger partial charge in [0, 0.05) is 18.3 Å². The summed E-state index contributed by atoms with van der Waals surface area (Å²) < 4.78 is 46.3. The molecule has 0 unspecified atom stereocenters. The van der Waals surface area contributed by atoms with Crippen molar-refractivity contribution < 1.29 is 27.3 Å². The molecule has 0 saturated carbocycles. The summed E-state index contributed by atoms with van der Waals surface area (Å²) in [7, 11) is -3.17. The van der Waals surface area contributed by atoms with Gasteiger partial charge in [0.25, 0.3) is 15.9 Å². The molecule has 3 rings (SSSR count). The summed E-state index contributed by atoms with van der Waals surface area (Å²) in [5.41, 5.74) is -0.814. The molecule has 1 heterocycles. The number of carbonyl (C=O) groups excluding carboxylic acids is 1. The molecule has 0 saturated heterocycles. The van der Waals surface area contributed by atoms with Crippen LogP contribution in [0.1, 0.15) is 10.5 Å². The highest BCUT2D eigenvalue weighted by Crippen LogP contribution is 2.31. The lowest BCUT2D eigenvalue weighted by Gasteiger charge is -2.14. The predicted octanol–water partition coefficient (Wildman–Crippen LogP) is 3.19. The molecule has 0 atom stereocenters. The SMILES string of the molecule is COc1ccc(S(=O)(=O)Nc2cc(F)ccc2NC(=O)c2ccccn2)cc1[N+](=O)[O-]. The molecule has 1 amide bonds. The van der Waals surface area contributed by atoms with Gasteiger partial charge >= 0.3 is 5.69 Å². The summed E-state index contributed by atoms with van der Waals surface area (Å²) in [6, 6.07) is 10.8. The highest BCUT2D eigenvalue weighted by atomic mass is 32.2. The standard InChI is InChI=1S/C19H15FN4O6S/c1-30-18-8-6-13(11-17(18)24(26)27)31(28,29)23-16-10-12(20)5-7-14(16)22-19(25)15-4-2-3-9-21-15/h2-11,23H,1H3,(H,22,25). The molecule has 12 heteroatoms. The summed E-state index contributed by atoms with van der Waals surface area (Å²) in [6.45, 7) is 0. The van der Waals surface area contributed by atoms with Gasteiger partial charge in [-0.2, -0.15) is 0 Å². The van der Waals surface area contributed by atoms with E-state index in [1.807, 2.05) is 0 Å². The maximum Gasteiger partial charge on any atom is 0.312 e. The van der Waals surface area contributed by atoms with E-state index in [2.05, 4.69) is 15.0 Å². The van der Waals surface area contributed by atoms with Crippen LogP contribution < -0.4 is 14.8 Å². The van der Waals surface area contributed by atoms with Crippen molar-refractivity contribution in [3.8, 4) is 5.75 Å². The second-order valence-electron chi connectivity index (χ2n) is 6.06. The predicted molar refractivity (Wildman–Crippen MR) is 109 cm³/mol. The van der Waals surface area contributed by atoms with E-state index in [0.29, 0.717) is 0 Å². The number of hydrogen-bond donors (Lipinski definition) is 2. The summed E-state index contributed by atoms with van der Waals surface area (Å²) in [4.78, 5) is 26.2. The van der Waals surface area contributed by atoms with Crippen molar-refractivity contribution in [3.63, 3.8) is 0 Å². The number of benzene rings is 2. The molecular weight excluding hydrogens is 431 g/mol. The molecule has 3 aromatic rings. The highest BCUT2D eigenvalue weighted by molar-refractivity contribution is 7.92. The van der Waals surface area contributed by atoms with Gasteiger partial charge in [0.15, 0.2) is 5.75 Å². The van der Waals surface area contributed by atoms with Gasteiger partial charge in [-0.3, -0.25) is 24.6 Å². The van der Waals surface area contributed by atoms with E-state index in [1.165, 1.54) is 25.4 Å². The molecule has 10 nitrogen and oxygen atoms in total. The van der Waals surface area contributed by atoms with Crippen LogP contribution in [-0.4, -0.2) is 31.3 Å². The van der Waals surface area contributed by atoms with Gasteiger partial charge in [-0.15, -0.1) is 0 Å². The fraction of sp³-hybridized carbons (Fsp3) is 0.0526. The van der Waals surface area contributed by atoms with Crippen LogP contribution in [0.15, 0.2) is 65.7 Å². The van der Waals surface area contributed by atoms with Gasteiger partial charge in [0.05, 0.1) is 28.3 Å². The van der Waals surface area contributed by atoms with E-state index in [0.717, 1.165) is 30.3 Å². The number of nitro groups is 1. The molecule has 2 N–H and O–H groups in total. The van der Waals surface area contributed by atoms with E-state index in [1.54, 1.807) is 12.1 Å². The number of hydrogen-bond acceptors (Lipinski definition) is 7. The molecule has 0 fully saturated rings. The number of halogens is 1. The average molecular weight is 446 g/mol. The first-order valence-corrected chi connectivity index (χ1v) is 10.1. The molecule has 0 aliphatic carbocycles. The van der Waals surface area contributed by atoms with E-state index in [-0.39, 0.29) is 22.8 Å². The van der Waals surface area contributed by atoms with E-state index in [9.17, 15) is 27.7 Å². The van der Waals surface area contributed by atoms with Gasteiger partial charge in [-0.25, -0.2) is 12.8 Å². The maximum atomic E-state index is 13.8. The Kier molecular flexibility index (Phi) is 6.11. The molecule has 31 heavy (non-hydrogen) atoms. The topological polar surface area (TPSA) is 141 Å². The Labute approximate surface area is 175 Å². The molecule has 2 aromatic carbocycles. The number of ether oxygens (including phenoxy) is 1. The van der Waals surface area contributed by atoms with E-state index < -0.39 is 37.3 Å². The Morgan fingerprint density at radius 1 is 1.13 bits per heavy atom. The van der Waals surface area contributed by atoms with Gasteiger partial charge in [-0.1, -0.05) is 6.07 Å². The normalized spacial score (nSPS) is 10.9. The van der Waals surface area contributed by atoms with Crippen LogP contribution in [0.2, 0.25) is 0 Å². The van der Waals surface area contributed by atoms with Gasteiger partial charge in [0.1, 0.15) is 11.5 Å². The number of nitro benzene ring substituents is 1. The molecular formula is C19H15FN4O6S. The minimum Gasteiger partial charge on any atom is -0.490 e. The van der Waals surface area contributed by atoms with Crippen LogP contribution in [0.3, 0.4) is 0 Å². The Bertz CT molecular complexity index is 1250. The van der Waals surface area contributed by atoms with Crippen LogP contribution >= 0.6 is 0 Å². The summed E-state index contributed by atoms with van der Waals surface area (Å²) in [5, 5.41) is 13.6. The Balaban J connectivity index is 1.95. The minimum atomic E-state index is -4.38. The van der Waals surface area contributed by atoms with Crippen LogP contribution in [0.4, 0.5) is 21.5 Å². The smallest absolute Gasteiger partial charge is 0.312 e. The lowest BCUT2D eigenvalue weighted by Crippen LogP contribution is -2.18. The van der Waals surface area contributed by atoms with Gasteiger partial charge in [-0.05, 0) is 36.4 Å². The van der Waals surface area contributed by atoms with Crippen molar-refractivity contribution in [2.45, 2.75) is 4.90 Å². The zero-order valence-corrected chi connectivity index (χ0v) is 16.7. The number of carbonyl (C=O) groups is 1. The largest absolute Gasteiger partial charge is 0.490 e. The number of aromatic nitrogens is 1.